The lowest BCUT2D eigenvalue weighted by atomic mass is 9.93. The molecule has 0 radical (unpaired) electrons. The molecule has 0 unspecified atom stereocenters. The van der Waals surface area contributed by atoms with Crippen molar-refractivity contribution in [3.05, 3.63) is 30.3 Å². The fourth-order valence-electron chi connectivity index (χ4n) is 2.85. The highest BCUT2D eigenvalue weighted by molar-refractivity contribution is 5.96. The molecule has 0 amide bonds. The highest BCUT2D eigenvalue weighted by atomic mass is 16.8. The molecule has 0 N–H and O–H groups in total. The van der Waals surface area contributed by atoms with Crippen LogP contribution in [0.4, 0.5) is 5.69 Å². The van der Waals surface area contributed by atoms with Crippen molar-refractivity contribution in [1.29, 1.82) is 0 Å². The van der Waals surface area contributed by atoms with Gasteiger partial charge in [0.1, 0.15) is 0 Å². The molecule has 7 nitrogen and oxygen atoms in total. The van der Waals surface area contributed by atoms with Crippen molar-refractivity contribution in [2.45, 2.75) is 39.0 Å². The summed E-state index contributed by atoms with van der Waals surface area (Å²) >= 11 is 0. The molecule has 0 bridgehead atoms. The summed E-state index contributed by atoms with van der Waals surface area (Å²) in [5.41, 5.74) is 0.729. The second-order valence-corrected chi connectivity index (χ2v) is 5.56. The van der Waals surface area contributed by atoms with Gasteiger partial charge >= 0.3 is 11.9 Å². The number of ether oxygens (including phenoxy) is 3. The Bertz CT molecular complexity index is 546. The van der Waals surface area contributed by atoms with Gasteiger partial charge in [0, 0.05) is 13.5 Å². The second kappa shape index (κ2) is 9.39. The summed E-state index contributed by atoms with van der Waals surface area (Å²) in [6.45, 7) is 3.78. The number of rotatable bonds is 7. The Balaban J connectivity index is 2.34. The molecule has 0 aliphatic carbocycles. The minimum absolute atomic E-state index is 0.189. The van der Waals surface area contributed by atoms with Crippen LogP contribution in [0.5, 0.6) is 0 Å². The maximum absolute atomic E-state index is 12.5. The lowest BCUT2D eigenvalue weighted by Crippen LogP contribution is -2.53. The van der Waals surface area contributed by atoms with E-state index in [0.717, 1.165) is 5.69 Å². The summed E-state index contributed by atoms with van der Waals surface area (Å²) in [5.74, 6) is -2.30. The van der Waals surface area contributed by atoms with E-state index in [4.69, 9.17) is 19.0 Å². The predicted molar refractivity (Wildman–Crippen MR) is 90.6 cm³/mol. The molecule has 1 fully saturated rings. The van der Waals surface area contributed by atoms with Crippen LogP contribution in [-0.4, -0.2) is 44.6 Å². The number of esters is 2. The van der Waals surface area contributed by atoms with Gasteiger partial charge in [0.2, 0.25) is 0 Å². The quantitative estimate of drug-likeness (QED) is 0.551. The summed E-state index contributed by atoms with van der Waals surface area (Å²) in [5, 5.41) is 1.57. The fourth-order valence-corrected chi connectivity index (χ4v) is 2.85. The van der Waals surface area contributed by atoms with E-state index in [2.05, 4.69) is 0 Å². The number of nitrogens with zero attached hydrogens (tertiary/aromatic N) is 1. The smallest absolute Gasteiger partial charge is 0.322 e. The van der Waals surface area contributed by atoms with E-state index in [0.29, 0.717) is 12.8 Å². The average Bonchev–Trinajstić information content (AvgIpc) is 2.63. The Morgan fingerprint density at radius 3 is 2.24 bits per heavy atom. The predicted octanol–water partition coefficient (Wildman–Crippen LogP) is 2.30. The Labute approximate surface area is 147 Å². The number of anilines is 1. The molecule has 0 aromatic heterocycles. The minimum atomic E-state index is -1.09. The van der Waals surface area contributed by atoms with Crippen LogP contribution in [0.1, 0.15) is 26.7 Å². The summed E-state index contributed by atoms with van der Waals surface area (Å²) in [6.07, 6.45) is 0.636. The van der Waals surface area contributed by atoms with Crippen LogP contribution < -0.4 is 5.06 Å². The van der Waals surface area contributed by atoms with Crippen molar-refractivity contribution < 1.29 is 28.6 Å². The molecule has 7 heteroatoms. The van der Waals surface area contributed by atoms with Gasteiger partial charge in [-0.1, -0.05) is 18.2 Å². The average molecular weight is 351 g/mol. The number of hydroxylamine groups is 1. The number of hydrogen-bond donors (Lipinski definition) is 0. The molecule has 1 aromatic rings. The van der Waals surface area contributed by atoms with E-state index in [1.54, 1.807) is 26.0 Å². The monoisotopic (exact) mass is 351 g/mol. The van der Waals surface area contributed by atoms with E-state index >= 15 is 0 Å². The molecular weight excluding hydrogens is 326 g/mol. The van der Waals surface area contributed by atoms with Crippen LogP contribution in [0.2, 0.25) is 0 Å². The first kappa shape index (κ1) is 19.2. The van der Waals surface area contributed by atoms with Crippen LogP contribution in [-0.2, 0) is 28.6 Å². The third-order valence-electron chi connectivity index (χ3n) is 3.97. The summed E-state index contributed by atoms with van der Waals surface area (Å²) in [4.78, 5) is 30.8. The molecule has 1 aliphatic rings. The molecule has 1 saturated heterocycles. The maximum Gasteiger partial charge on any atom is 0.322 e. The topological polar surface area (TPSA) is 74.3 Å². The number of methoxy groups -OCH3 is 1. The first-order valence-corrected chi connectivity index (χ1v) is 8.49. The summed E-state index contributed by atoms with van der Waals surface area (Å²) < 4.78 is 15.5. The maximum atomic E-state index is 12.5. The largest absolute Gasteiger partial charge is 0.465 e. The number of para-hydroxylation sites is 1. The van der Waals surface area contributed by atoms with Crippen molar-refractivity contribution in [3.8, 4) is 0 Å². The Kier molecular flexibility index (Phi) is 7.21. The van der Waals surface area contributed by atoms with Gasteiger partial charge in [-0.25, -0.2) is 9.90 Å². The number of carbonyl (C=O) groups excluding carboxylic acids is 2. The van der Waals surface area contributed by atoms with Gasteiger partial charge < -0.3 is 14.2 Å². The lowest BCUT2D eigenvalue weighted by molar-refractivity contribution is -0.183. The Morgan fingerprint density at radius 1 is 1.12 bits per heavy atom. The molecule has 1 aliphatic heterocycles. The van der Waals surface area contributed by atoms with Crippen molar-refractivity contribution in [1.82, 2.24) is 0 Å². The summed E-state index contributed by atoms with van der Waals surface area (Å²) in [6, 6.07) is 8.75. The fraction of sp³-hybridized carbons (Fsp3) is 0.556. The lowest BCUT2D eigenvalue weighted by Gasteiger charge is -2.41. The molecule has 25 heavy (non-hydrogen) atoms. The van der Waals surface area contributed by atoms with E-state index in [-0.39, 0.29) is 13.2 Å². The molecular formula is C18H25NO6. The highest BCUT2D eigenvalue weighted by Crippen LogP contribution is 2.32. The number of hydrogen-bond acceptors (Lipinski definition) is 7. The zero-order chi connectivity index (χ0) is 18.2. The molecule has 2 atom stereocenters. The van der Waals surface area contributed by atoms with Gasteiger partial charge in [0.25, 0.3) is 0 Å². The first-order chi connectivity index (χ1) is 12.1. The molecule has 1 aromatic carbocycles. The molecule has 138 valence electrons. The number of benzene rings is 1. The molecule has 1 heterocycles. The first-order valence-electron chi connectivity index (χ1n) is 8.49. The normalized spacial score (nSPS) is 20.4. The van der Waals surface area contributed by atoms with Crippen LogP contribution in [0.3, 0.4) is 0 Å². The third-order valence-corrected chi connectivity index (χ3v) is 3.97. The van der Waals surface area contributed by atoms with Crippen LogP contribution in [0, 0.1) is 5.92 Å². The van der Waals surface area contributed by atoms with E-state index < -0.39 is 30.2 Å². The zero-order valence-corrected chi connectivity index (χ0v) is 14.8. The van der Waals surface area contributed by atoms with Crippen molar-refractivity contribution in [2.24, 2.45) is 5.92 Å². The van der Waals surface area contributed by atoms with Gasteiger partial charge in [0.15, 0.2) is 12.2 Å². The SMILES string of the molecule is CCOC(=O)C(C(=O)OCC)[C@H]1CC[C@H](OC)ON1c1ccccc1. The van der Waals surface area contributed by atoms with Gasteiger partial charge in [-0.15, -0.1) is 0 Å². The van der Waals surface area contributed by atoms with E-state index in [1.165, 1.54) is 0 Å². The van der Waals surface area contributed by atoms with Gasteiger partial charge in [-0.3, -0.25) is 9.59 Å². The van der Waals surface area contributed by atoms with Gasteiger partial charge in [-0.05, 0) is 32.4 Å². The van der Waals surface area contributed by atoms with E-state index in [1.807, 2.05) is 30.3 Å². The number of carbonyl (C=O) groups is 2. The van der Waals surface area contributed by atoms with Gasteiger partial charge in [0.05, 0.1) is 24.9 Å². The van der Waals surface area contributed by atoms with E-state index in [9.17, 15) is 9.59 Å². The second-order valence-electron chi connectivity index (χ2n) is 5.56. The summed E-state index contributed by atoms with van der Waals surface area (Å²) in [7, 11) is 1.56. The van der Waals surface area contributed by atoms with Crippen LogP contribution in [0.25, 0.3) is 0 Å². The molecule has 0 spiro atoms. The van der Waals surface area contributed by atoms with Crippen LogP contribution in [0.15, 0.2) is 30.3 Å². The van der Waals surface area contributed by atoms with Crippen molar-refractivity contribution >= 4 is 17.6 Å². The standard InChI is InChI=1S/C18H25NO6/c1-4-23-17(20)16(18(21)24-5-2)14-11-12-15(22-3)25-19(14)13-9-7-6-8-10-13/h6-10,14-16H,4-5,11-12H2,1-3H3/t14-,15-/m1/s1. The highest BCUT2D eigenvalue weighted by Gasteiger charge is 2.44. The van der Waals surface area contributed by atoms with Crippen LogP contribution >= 0.6 is 0 Å². The van der Waals surface area contributed by atoms with Gasteiger partial charge in [-0.2, -0.15) is 0 Å². The van der Waals surface area contributed by atoms with Crippen molar-refractivity contribution in [3.63, 3.8) is 0 Å². The minimum Gasteiger partial charge on any atom is -0.465 e. The Morgan fingerprint density at radius 2 is 1.72 bits per heavy atom. The zero-order valence-electron chi connectivity index (χ0n) is 14.8. The Hall–Kier alpha value is -2.12. The van der Waals surface area contributed by atoms with Crippen molar-refractivity contribution in [2.75, 3.05) is 25.4 Å². The molecule has 0 saturated carbocycles. The molecule has 2 rings (SSSR count). The third kappa shape index (κ3) is 4.70.